The molecule has 13 heavy (non-hydrogen) atoms. The summed E-state index contributed by atoms with van der Waals surface area (Å²) >= 11 is 0. The summed E-state index contributed by atoms with van der Waals surface area (Å²) in [6, 6.07) is 0. The lowest BCUT2D eigenvalue weighted by atomic mass is 10.7. The van der Waals surface area contributed by atoms with E-state index in [0.29, 0.717) is 0 Å². The van der Waals surface area contributed by atoms with Gasteiger partial charge < -0.3 is 5.73 Å². The highest BCUT2D eigenvalue weighted by Gasteiger charge is 2.29. The molecule has 0 saturated heterocycles. The number of rotatable bonds is 5. The smallest absolute Gasteiger partial charge is 0.329 e. The zero-order chi connectivity index (χ0) is 10.5. The largest absolute Gasteiger partial charge is 0.402 e. The maximum Gasteiger partial charge on any atom is 0.402 e. The van der Waals surface area contributed by atoms with Gasteiger partial charge in [0, 0.05) is 13.1 Å². The first kappa shape index (κ1) is 12.6. The third-order valence-electron chi connectivity index (χ3n) is 0.899. The Hall–Kier alpha value is -0.380. The molecule has 0 amide bonds. The molecular weight excluding hydrogens is 211 g/mol. The average molecular weight is 221 g/mol. The van der Waals surface area contributed by atoms with E-state index >= 15 is 0 Å². The van der Waals surface area contributed by atoms with Crippen molar-refractivity contribution in [3.63, 3.8) is 0 Å². The molecule has 0 aliphatic heterocycles. The molecule has 0 rings (SSSR count). The van der Waals surface area contributed by atoms with Crippen molar-refractivity contribution in [1.29, 1.82) is 0 Å². The van der Waals surface area contributed by atoms with Crippen LogP contribution in [0.1, 0.15) is 0 Å². The summed E-state index contributed by atoms with van der Waals surface area (Å²) in [5.74, 6) is 0. The fourth-order valence-electron chi connectivity index (χ4n) is 0.421. The van der Waals surface area contributed by atoms with Crippen LogP contribution in [0, 0.1) is 0 Å². The van der Waals surface area contributed by atoms with Crippen LogP contribution >= 0.6 is 0 Å². The number of nitrogens with two attached hydrogens (primary N) is 1. The molecule has 0 aromatic rings. The Labute approximate surface area is 73.7 Å². The average Bonchev–Trinajstić information content (AvgIpc) is 1.97. The monoisotopic (exact) mass is 221 g/mol. The summed E-state index contributed by atoms with van der Waals surface area (Å²) in [6.45, 7) is -1.67. The van der Waals surface area contributed by atoms with Gasteiger partial charge in [-0.05, 0) is 0 Å². The van der Waals surface area contributed by atoms with Gasteiger partial charge in [0.25, 0.3) is 10.2 Å². The molecule has 0 unspecified atom stereocenters. The summed E-state index contributed by atoms with van der Waals surface area (Å²) in [7, 11) is -4.08. The Morgan fingerprint density at radius 2 is 1.77 bits per heavy atom. The van der Waals surface area contributed by atoms with Gasteiger partial charge in [0.05, 0.1) is 0 Å². The first-order valence-electron chi connectivity index (χ1n) is 3.28. The lowest BCUT2D eigenvalue weighted by molar-refractivity contribution is -0.121. The highest BCUT2D eigenvalue weighted by Crippen LogP contribution is 2.12. The molecule has 0 spiro atoms. The minimum Gasteiger partial charge on any atom is -0.329 e. The van der Waals surface area contributed by atoms with Crippen molar-refractivity contribution in [3.8, 4) is 0 Å². The fourth-order valence-corrected chi connectivity index (χ4v) is 1.26. The van der Waals surface area contributed by atoms with Gasteiger partial charge in [-0.1, -0.05) is 0 Å². The molecule has 0 heterocycles. The van der Waals surface area contributed by atoms with Gasteiger partial charge in [-0.3, -0.25) is 0 Å². The Morgan fingerprint density at radius 1 is 1.23 bits per heavy atom. The minimum absolute atomic E-state index is 0.0208. The van der Waals surface area contributed by atoms with E-state index < -0.39 is 22.9 Å². The van der Waals surface area contributed by atoms with Gasteiger partial charge in [-0.15, -0.1) is 0 Å². The molecule has 0 aliphatic carbocycles. The van der Waals surface area contributed by atoms with Crippen molar-refractivity contribution in [2.75, 3.05) is 19.6 Å². The molecule has 0 saturated carbocycles. The van der Waals surface area contributed by atoms with Gasteiger partial charge >= 0.3 is 6.18 Å². The van der Waals surface area contributed by atoms with Crippen molar-refractivity contribution >= 4 is 10.2 Å². The highest BCUT2D eigenvalue weighted by atomic mass is 32.2. The lowest BCUT2D eigenvalue weighted by Gasteiger charge is -2.09. The molecule has 0 fully saturated rings. The molecule has 0 aromatic carbocycles. The van der Waals surface area contributed by atoms with Crippen LogP contribution in [0.25, 0.3) is 0 Å². The van der Waals surface area contributed by atoms with Crippen LogP contribution in [0.3, 0.4) is 0 Å². The van der Waals surface area contributed by atoms with E-state index in [4.69, 9.17) is 5.73 Å². The third-order valence-corrected chi connectivity index (χ3v) is 2.01. The highest BCUT2D eigenvalue weighted by molar-refractivity contribution is 7.87. The third kappa shape index (κ3) is 7.96. The van der Waals surface area contributed by atoms with Crippen LogP contribution in [0.4, 0.5) is 13.2 Å². The van der Waals surface area contributed by atoms with Crippen LogP contribution < -0.4 is 15.2 Å². The molecule has 9 heteroatoms. The summed E-state index contributed by atoms with van der Waals surface area (Å²) in [6.07, 6.45) is -4.56. The van der Waals surface area contributed by atoms with E-state index in [0.717, 1.165) is 0 Å². The van der Waals surface area contributed by atoms with E-state index in [-0.39, 0.29) is 13.1 Å². The fraction of sp³-hybridized carbons (Fsp3) is 1.00. The van der Waals surface area contributed by atoms with E-state index in [1.165, 1.54) is 4.72 Å². The quantitative estimate of drug-likeness (QED) is 0.552. The van der Waals surface area contributed by atoms with E-state index in [1.54, 1.807) is 0 Å². The standard InChI is InChI=1S/C4H10F3N3O2S/c5-4(6,7)3-10-13(11,12)9-2-1-8/h9-10H,1-3,8H2. The van der Waals surface area contributed by atoms with Crippen LogP contribution in [-0.2, 0) is 10.2 Å². The Morgan fingerprint density at radius 3 is 2.15 bits per heavy atom. The Balaban J connectivity index is 3.91. The second-order valence-corrected chi connectivity index (χ2v) is 3.71. The first-order chi connectivity index (χ1) is 5.77. The molecule has 0 atom stereocenters. The van der Waals surface area contributed by atoms with Crippen LogP contribution in [0.2, 0.25) is 0 Å². The second-order valence-electron chi connectivity index (χ2n) is 2.12. The number of nitrogens with one attached hydrogen (secondary N) is 2. The molecule has 0 aliphatic rings. The van der Waals surface area contributed by atoms with Crippen LogP contribution in [-0.4, -0.2) is 34.2 Å². The summed E-state index contributed by atoms with van der Waals surface area (Å²) in [5.41, 5.74) is 4.94. The predicted octanol–water partition coefficient (Wildman–Crippen LogP) is -1.07. The number of hydrogen-bond donors (Lipinski definition) is 3. The van der Waals surface area contributed by atoms with Crippen molar-refractivity contribution in [2.24, 2.45) is 5.73 Å². The van der Waals surface area contributed by atoms with Crippen molar-refractivity contribution in [2.45, 2.75) is 6.18 Å². The summed E-state index contributed by atoms with van der Waals surface area (Å²) in [4.78, 5) is 0. The predicted molar refractivity (Wildman–Crippen MR) is 40.0 cm³/mol. The zero-order valence-corrected chi connectivity index (χ0v) is 7.37. The Kier molecular flexibility index (Phi) is 4.61. The molecule has 0 radical (unpaired) electrons. The molecule has 0 bridgehead atoms. The van der Waals surface area contributed by atoms with Crippen LogP contribution in [0.15, 0.2) is 0 Å². The lowest BCUT2D eigenvalue weighted by Crippen LogP contribution is -2.42. The van der Waals surface area contributed by atoms with E-state index in [9.17, 15) is 21.6 Å². The Bertz CT molecular complexity index is 238. The van der Waals surface area contributed by atoms with Gasteiger partial charge in [-0.25, -0.2) is 4.72 Å². The zero-order valence-electron chi connectivity index (χ0n) is 6.56. The van der Waals surface area contributed by atoms with Crippen molar-refractivity contribution < 1.29 is 21.6 Å². The molecule has 5 nitrogen and oxygen atoms in total. The van der Waals surface area contributed by atoms with Gasteiger partial charge in [0.15, 0.2) is 0 Å². The molecule has 0 aromatic heterocycles. The normalized spacial score (nSPS) is 13.2. The number of hydrogen-bond acceptors (Lipinski definition) is 3. The summed E-state index contributed by atoms with van der Waals surface area (Å²) in [5, 5.41) is 0. The maximum absolute atomic E-state index is 11.5. The second kappa shape index (κ2) is 4.74. The maximum atomic E-state index is 11.5. The molecule has 80 valence electrons. The topological polar surface area (TPSA) is 84.2 Å². The number of alkyl halides is 3. The van der Waals surface area contributed by atoms with Crippen LogP contribution in [0.5, 0.6) is 0 Å². The molecular formula is C4H10F3N3O2S. The van der Waals surface area contributed by atoms with Gasteiger partial charge in [0.1, 0.15) is 6.54 Å². The van der Waals surface area contributed by atoms with Gasteiger partial charge in [-0.2, -0.15) is 26.3 Å². The van der Waals surface area contributed by atoms with E-state index in [1.807, 2.05) is 4.72 Å². The van der Waals surface area contributed by atoms with Crippen molar-refractivity contribution in [3.05, 3.63) is 0 Å². The number of halogens is 3. The SMILES string of the molecule is NCCNS(=O)(=O)NCC(F)(F)F. The molecule has 4 N–H and O–H groups in total. The van der Waals surface area contributed by atoms with Gasteiger partial charge in [0.2, 0.25) is 0 Å². The van der Waals surface area contributed by atoms with E-state index in [2.05, 4.69) is 0 Å². The minimum atomic E-state index is -4.56. The van der Waals surface area contributed by atoms with Crippen molar-refractivity contribution in [1.82, 2.24) is 9.44 Å². The first-order valence-corrected chi connectivity index (χ1v) is 4.76. The summed E-state index contributed by atoms with van der Waals surface area (Å²) < 4.78 is 59.0.